The van der Waals surface area contributed by atoms with Crippen LogP contribution in [-0.2, 0) is 11.4 Å². The topological polar surface area (TPSA) is 128 Å². The lowest BCUT2D eigenvalue weighted by Crippen LogP contribution is -2.46. The van der Waals surface area contributed by atoms with Crippen molar-refractivity contribution < 1.29 is 23.4 Å². The maximum absolute atomic E-state index is 14.8. The summed E-state index contributed by atoms with van der Waals surface area (Å²) >= 11 is 6.18. The van der Waals surface area contributed by atoms with Crippen LogP contribution in [-0.4, -0.2) is 69.9 Å². The second kappa shape index (κ2) is 13.1. The first-order valence-electron chi connectivity index (χ1n) is 14.9. The molecule has 6 rings (SSSR count). The van der Waals surface area contributed by atoms with Gasteiger partial charge in [0.2, 0.25) is 11.7 Å². The van der Waals surface area contributed by atoms with Crippen LogP contribution in [0.4, 0.5) is 15.8 Å². The van der Waals surface area contributed by atoms with Crippen LogP contribution in [0.1, 0.15) is 37.6 Å². The van der Waals surface area contributed by atoms with Gasteiger partial charge in [-0.3, -0.25) is 14.7 Å². The van der Waals surface area contributed by atoms with Crippen LogP contribution in [0.5, 0.6) is 17.4 Å². The Labute approximate surface area is 271 Å². The largest absolute Gasteiger partial charge is 0.470 e. The number of carbonyl (C=O) groups is 1. The third-order valence-electron chi connectivity index (χ3n) is 7.83. The van der Waals surface area contributed by atoms with Crippen LogP contribution in [0, 0.1) is 5.82 Å². The summed E-state index contributed by atoms with van der Waals surface area (Å²) in [6.45, 7) is 7.15. The van der Waals surface area contributed by atoms with Crippen molar-refractivity contribution in [2.45, 2.75) is 38.7 Å². The Morgan fingerprint density at radius 3 is 2.63 bits per heavy atom. The van der Waals surface area contributed by atoms with Crippen molar-refractivity contribution in [2.24, 2.45) is 5.73 Å². The number of piperazine rings is 1. The smallest absolute Gasteiger partial charge is 0.257 e. The lowest BCUT2D eigenvalue weighted by atomic mass is 10.1. The summed E-state index contributed by atoms with van der Waals surface area (Å²) in [5.74, 6) is -0.177. The fraction of sp³-hybridized carbons (Fsp3) is 0.333. The van der Waals surface area contributed by atoms with E-state index in [0.29, 0.717) is 33.6 Å². The Morgan fingerprint density at radius 2 is 1.85 bits per heavy atom. The monoisotopic (exact) mass is 647 g/mol. The first kappa shape index (κ1) is 31.5. The number of hydrogen-bond acceptors (Lipinski definition) is 10. The molecule has 240 valence electrons. The Morgan fingerprint density at radius 1 is 1.07 bits per heavy atom. The molecule has 0 aliphatic carbocycles. The zero-order chi connectivity index (χ0) is 32.4. The van der Waals surface area contributed by atoms with Gasteiger partial charge in [0.1, 0.15) is 18.1 Å². The number of anilines is 2. The van der Waals surface area contributed by atoms with Gasteiger partial charge in [-0.25, -0.2) is 4.39 Å². The maximum atomic E-state index is 14.8. The third-order valence-corrected chi connectivity index (χ3v) is 8.07. The Bertz CT molecular complexity index is 1750. The Kier molecular flexibility index (Phi) is 8.94. The third kappa shape index (κ3) is 7.30. The van der Waals surface area contributed by atoms with Gasteiger partial charge in [0.15, 0.2) is 11.5 Å². The molecule has 1 atom stereocenters. The number of aromatic nitrogens is 3. The molecule has 11 nitrogen and oxygen atoms in total. The number of ether oxygens (including phenoxy) is 3. The standard InChI is InChI=1S/C33H35ClFN7O4/c1-33(2)45-29-7-4-20(14-30(29)46-33)19-44-32-27(17-25(39-40-32)23-15-21(34)5-6-24(23)35)38-22-8-9-37-26(16-22)28(18-31(36)43)42-12-10-41(3)11-13-42/h4-9,14-17,28H,10-13,18-19H2,1-3H3,(H2,36,43)(H,37,38,39). The molecule has 0 spiro atoms. The number of halogens is 2. The number of benzene rings is 2. The number of nitrogens with one attached hydrogen (secondary N) is 1. The van der Waals surface area contributed by atoms with E-state index < -0.39 is 17.5 Å². The van der Waals surface area contributed by atoms with Crippen molar-refractivity contribution in [1.29, 1.82) is 0 Å². The van der Waals surface area contributed by atoms with Crippen LogP contribution in [0.2, 0.25) is 5.02 Å². The zero-order valence-electron chi connectivity index (χ0n) is 25.8. The molecule has 1 unspecified atom stereocenters. The highest BCUT2D eigenvalue weighted by Gasteiger charge is 2.32. The first-order chi connectivity index (χ1) is 22.0. The molecule has 2 aromatic heterocycles. The van der Waals surface area contributed by atoms with Gasteiger partial charge >= 0.3 is 0 Å². The number of rotatable bonds is 10. The van der Waals surface area contributed by atoms with Crippen molar-refractivity contribution in [3.63, 3.8) is 0 Å². The van der Waals surface area contributed by atoms with Crippen molar-refractivity contribution in [1.82, 2.24) is 25.0 Å². The average molecular weight is 648 g/mol. The van der Waals surface area contributed by atoms with Gasteiger partial charge in [-0.05, 0) is 61.1 Å². The molecule has 13 heteroatoms. The van der Waals surface area contributed by atoms with E-state index in [9.17, 15) is 9.18 Å². The molecule has 4 heterocycles. The van der Waals surface area contributed by atoms with Gasteiger partial charge in [-0.1, -0.05) is 17.7 Å². The number of likely N-dealkylation sites (N-methyl/N-ethyl adjacent to an activating group) is 1. The van der Waals surface area contributed by atoms with E-state index >= 15 is 0 Å². The SMILES string of the molecule is CN1CCN(C(CC(N)=O)c2cc(Nc3cc(-c4cc(Cl)ccc4F)nnc3OCc3ccc4c(c3)OC(C)(C)O4)ccn2)CC1. The van der Waals surface area contributed by atoms with Crippen molar-refractivity contribution in [3.05, 3.63) is 82.9 Å². The van der Waals surface area contributed by atoms with Gasteiger partial charge in [-0.2, -0.15) is 0 Å². The lowest BCUT2D eigenvalue weighted by Gasteiger charge is -2.37. The number of primary amides is 1. The number of carbonyl (C=O) groups excluding carboxylic acids is 1. The van der Waals surface area contributed by atoms with E-state index in [0.717, 1.165) is 31.7 Å². The molecule has 2 aliphatic heterocycles. The first-order valence-corrected chi connectivity index (χ1v) is 15.3. The number of fused-ring (bicyclic) bond motifs is 1. The van der Waals surface area contributed by atoms with Crippen molar-refractivity contribution in [2.75, 3.05) is 38.5 Å². The van der Waals surface area contributed by atoms with Crippen LogP contribution in [0.3, 0.4) is 0 Å². The minimum absolute atomic E-state index is 0.135. The summed E-state index contributed by atoms with van der Waals surface area (Å²) in [4.78, 5) is 21.1. The van der Waals surface area contributed by atoms with Gasteiger partial charge in [-0.15, -0.1) is 10.2 Å². The van der Waals surface area contributed by atoms with E-state index in [4.69, 9.17) is 31.5 Å². The van der Waals surface area contributed by atoms with Crippen molar-refractivity contribution in [3.8, 4) is 28.6 Å². The van der Waals surface area contributed by atoms with Gasteiger partial charge < -0.3 is 30.2 Å². The number of nitrogens with two attached hydrogens (primary N) is 1. The summed E-state index contributed by atoms with van der Waals surface area (Å²) in [7, 11) is 2.07. The van der Waals surface area contributed by atoms with E-state index in [1.165, 1.54) is 18.2 Å². The molecule has 46 heavy (non-hydrogen) atoms. The summed E-state index contributed by atoms with van der Waals surface area (Å²) in [5.41, 5.74) is 8.74. The quantitative estimate of drug-likeness (QED) is 0.233. The second-order valence-electron chi connectivity index (χ2n) is 11.9. The molecular weight excluding hydrogens is 613 g/mol. The zero-order valence-corrected chi connectivity index (χ0v) is 26.6. The molecule has 0 saturated carbocycles. The normalized spacial score (nSPS) is 16.6. The average Bonchev–Trinajstić information content (AvgIpc) is 3.34. The van der Waals surface area contributed by atoms with Crippen molar-refractivity contribution >= 4 is 28.9 Å². The summed E-state index contributed by atoms with van der Waals surface area (Å²) in [5, 5.41) is 12.3. The molecule has 3 N–H and O–H groups in total. The van der Waals surface area contributed by atoms with E-state index in [1.807, 2.05) is 38.1 Å². The number of pyridine rings is 1. The Hall–Kier alpha value is -4.52. The van der Waals surface area contributed by atoms with E-state index in [2.05, 4.69) is 37.3 Å². The molecular formula is C33H35ClFN7O4. The molecule has 1 saturated heterocycles. The number of amides is 1. The molecule has 1 amide bonds. The number of nitrogens with zero attached hydrogens (tertiary/aromatic N) is 5. The van der Waals surface area contributed by atoms with Crippen LogP contribution in [0.15, 0.2) is 60.8 Å². The van der Waals surface area contributed by atoms with Gasteiger partial charge in [0.25, 0.3) is 5.88 Å². The molecule has 1 fully saturated rings. The number of hydrogen-bond donors (Lipinski definition) is 2. The molecule has 2 aliphatic rings. The summed E-state index contributed by atoms with van der Waals surface area (Å²) in [6.07, 6.45) is 1.80. The second-order valence-corrected chi connectivity index (χ2v) is 12.3. The van der Waals surface area contributed by atoms with Crippen LogP contribution >= 0.6 is 11.6 Å². The minimum Gasteiger partial charge on any atom is -0.470 e. The van der Waals surface area contributed by atoms with E-state index in [-0.39, 0.29) is 36.2 Å². The molecule has 2 aromatic carbocycles. The molecule has 0 radical (unpaired) electrons. The summed E-state index contributed by atoms with van der Waals surface area (Å²) in [6, 6.07) is 14.8. The predicted octanol–water partition coefficient (Wildman–Crippen LogP) is 5.32. The summed E-state index contributed by atoms with van der Waals surface area (Å²) < 4.78 is 32.7. The predicted molar refractivity (Wildman–Crippen MR) is 172 cm³/mol. The van der Waals surface area contributed by atoms with Gasteiger partial charge in [0, 0.05) is 68.9 Å². The molecule has 0 bridgehead atoms. The molecule has 4 aromatic rings. The highest BCUT2D eigenvalue weighted by Crippen LogP contribution is 2.40. The van der Waals surface area contributed by atoms with E-state index in [1.54, 1.807) is 18.3 Å². The van der Waals surface area contributed by atoms with Crippen LogP contribution in [0.25, 0.3) is 11.3 Å². The maximum Gasteiger partial charge on any atom is 0.257 e. The van der Waals surface area contributed by atoms with Crippen LogP contribution < -0.4 is 25.3 Å². The Balaban J connectivity index is 1.30. The lowest BCUT2D eigenvalue weighted by molar-refractivity contribution is -0.119. The fourth-order valence-electron chi connectivity index (χ4n) is 5.52. The highest BCUT2D eigenvalue weighted by molar-refractivity contribution is 6.30. The highest BCUT2D eigenvalue weighted by atomic mass is 35.5. The van der Waals surface area contributed by atoms with Gasteiger partial charge in [0.05, 0.1) is 17.4 Å². The fourth-order valence-corrected chi connectivity index (χ4v) is 5.69. The minimum atomic E-state index is -0.750.